The number of hydrogen-bond donors (Lipinski definition) is 3. The fraction of sp³-hybridized carbons (Fsp3) is 0.765. The zero-order valence-electron chi connectivity index (χ0n) is 40.4. The molecule has 362 valence electrons. The monoisotopic (exact) mass is 900 g/mol. The van der Waals surface area contributed by atoms with E-state index in [1.807, 2.05) is 38.2 Å². The lowest BCUT2D eigenvalue weighted by Gasteiger charge is -2.42. The van der Waals surface area contributed by atoms with Gasteiger partial charge in [-0.25, -0.2) is 4.79 Å². The normalized spacial score (nSPS) is 39.5. The molecule has 3 heterocycles. The van der Waals surface area contributed by atoms with Crippen LogP contribution < -0.4 is 0 Å². The number of esters is 1. The van der Waals surface area contributed by atoms with Gasteiger partial charge < -0.3 is 43.9 Å². The highest BCUT2D eigenvalue weighted by atomic mass is 16.6. The lowest BCUT2D eigenvalue weighted by Crippen LogP contribution is -2.61. The van der Waals surface area contributed by atoms with Gasteiger partial charge in [0.05, 0.1) is 30.5 Å². The number of cyclic esters (lactones) is 1. The van der Waals surface area contributed by atoms with Gasteiger partial charge in [-0.05, 0) is 119 Å². The number of ether oxygens (including phenoxy) is 5. The third-order valence-electron chi connectivity index (χ3n) is 14.5. The number of Topliss-reactive ketones (excluding diaryl/α,β-unsaturated/α-hetero) is 2. The molecule has 13 nitrogen and oxygen atoms in total. The number of carbonyl (C=O) groups is 4. The van der Waals surface area contributed by atoms with Gasteiger partial charge in [0, 0.05) is 52.6 Å². The topological polar surface area (TPSA) is 178 Å². The number of rotatable bonds is 6. The number of aliphatic hydroxyl groups is 3. The van der Waals surface area contributed by atoms with Gasteiger partial charge in [0.25, 0.3) is 11.7 Å². The number of methoxy groups -OCH3 is 3. The molecule has 3 aliphatic heterocycles. The Morgan fingerprint density at radius 2 is 1.55 bits per heavy atom. The summed E-state index contributed by atoms with van der Waals surface area (Å²) in [5.41, 5.74) is 1.54. The summed E-state index contributed by atoms with van der Waals surface area (Å²) in [4.78, 5) is 58.1. The molecule has 0 aromatic heterocycles. The van der Waals surface area contributed by atoms with Gasteiger partial charge in [-0.15, -0.1) is 0 Å². The van der Waals surface area contributed by atoms with E-state index in [-0.39, 0.29) is 61.0 Å². The van der Waals surface area contributed by atoms with E-state index < -0.39 is 71.8 Å². The van der Waals surface area contributed by atoms with E-state index in [1.54, 1.807) is 48.2 Å². The van der Waals surface area contributed by atoms with E-state index in [4.69, 9.17) is 23.7 Å². The molecule has 0 aromatic carbocycles. The smallest absolute Gasteiger partial charge is 0.329 e. The first-order valence-electron chi connectivity index (χ1n) is 24.0. The van der Waals surface area contributed by atoms with Crippen molar-refractivity contribution in [3.8, 4) is 0 Å². The molecular formula is C51H81NO12. The van der Waals surface area contributed by atoms with Gasteiger partial charge in [-0.1, -0.05) is 71.1 Å². The van der Waals surface area contributed by atoms with Crippen molar-refractivity contribution in [3.05, 3.63) is 47.6 Å². The van der Waals surface area contributed by atoms with Crippen molar-refractivity contribution in [1.29, 1.82) is 0 Å². The van der Waals surface area contributed by atoms with Gasteiger partial charge >= 0.3 is 5.97 Å². The van der Waals surface area contributed by atoms with Crippen LogP contribution in [0.1, 0.15) is 132 Å². The summed E-state index contributed by atoms with van der Waals surface area (Å²) in [5, 5.41) is 33.9. The maximum Gasteiger partial charge on any atom is 0.329 e. The minimum atomic E-state index is -2.40. The summed E-state index contributed by atoms with van der Waals surface area (Å²) in [6.07, 6.45) is 14.3. The maximum absolute atomic E-state index is 14.4. The van der Waals surface area contributed by atoms with E-state index in [9.17, 15) is 34.5 Å². The highest BCUT2D eigenvalue weighted by Crippen LogP contribution is 2.38. The van der Waals surface area contributed by atoms with Crippen molar-refractivity contribution < 1.29 is 58.2 Å². The Kier molecular flexibility index (Phi) is 21.1. The van der Waals surface area contributed by atoms with Gasteiger partial charge in [-0.2, -0.15) is 0 Å². The molecule has 2 saturated heterocycles. The molecule has 3 fully saturated rings. The molecule has 2 bridgehead atoms. The summed E-state index contributed by atoms with van der Waals surface area (Å²) < 4.78 is 29.7. The van der Waals surface area contributed by atoms with Crippen molar-refractivity contribution in [2.75, 3.05) is 27.9 Å². The van der Waals surface area contributed by atoms with Gasteiger partial charge in [0.15, 0.2) is 0 Å². The Labute approximate surface area is 383 Å². The molecule has 64 heavy (non-hydrogen) atoms. The third-order valence-corrected chi connectivity index (χ3v) is 14.5. The van der Waals surface area contributed by atoms with Crippen LogP contribution >= 0.6 is 0 Å². The summed E-state index contributed by atoms with van der Waals surface area (Å²) in [6.45, 7) is 13.6. The number of hydrogen-bond acceptors (Lipinski definition) is 12. The number of piperidine rings is 1. The van der Waals surface area contributed by atoms with E-state index >= 15 is 0 Å². The van der Waals surface area contributed by atoms with Crippen LogP contribution in [0.4, 0.5) is 0 Å². The van der Waals surface area contributed by atoms with Crippen molar-refractivity contribution in [1.82, 2.24) is 4.90 Å². The Balaban J connectivity index is 1.68. The summed E-state index contributed by atoms with van der Waals surface area (Å²) >= 11 is 0. The summed E-state index contributed by atoms with van der Waals surface area (Å²) in [7, 11) is 4.78. The first kappa shape index (κ1) is 53.6. The third kappa shape index (κ3) is 14.5. The van der Waals surface area contributed by atoms with Crippen molar-refractivity contribution in [3.63, 3.8) is 0 Å². The second kappa shape index (κ2) is 25.2. The Bertz CT molecular complexity index is 1670. The molecule has 0 radical (unpaired) electrons. The lowest BCUT2D eigenvalue weighted by molar-refractivity contribution is -0.265. The van der Waals surface area contributed by atoms with E-state index in [0.717, 1.165) is 18.4 Å². The van der Waals surface area contributed by atoms with E-state index in [2.05, 4.69) is 19.9 Å². The highest BCUT2D eigenvalue weighted by molar-refractivity contribution is 6.39. The number of nitrogens with zero attached hydrogens (tertiary/aromatic N) is 1. The summed E-state index contributed by atoms with van der Waals surface area (Å²) in [6, 6.07) is -1.10. The maximum atomic E-state index is 14.4. The van der Waals surface area contributed by atoms with Crippen LogP contribution in [-0.4, -0.2) is 126 Å². The van der Waals surface area contributed by atoms with Crippen LogP contribution in [-0.2, 0) is 42.9 Å². The molecule has 2 unspecified atom stereocenters. The standard InChI is InChI=1S/C51H81NO12/c1-31-16-12-11-13-17-33(3)43(60-8)29-39-21-19-37(7)51(59,64-39)48(56)49(57)52-23-15-14-18-40(52)50(58)63-44(35(5)27-38-20-22-41(53)45(28-38)61-9)30-42(54)34(4)26-36(6)47(55)46(62-10)25-32(2)24-31/h11-13,16-17,26,31-32,34-35,37-41,43-47,53,55,59H,14-15,18-25,27-30H2,1-10H3/b13-11?,16-12+,33-17?,36-26+/t31-,32-,34-,35-,37-,38+,39?,40?,41-,43+,44+,45-,46+,47-,51-/m1/s1. The second-order valence-electron chi connectivity index (χ2n) is 19.7. The molecule has 1 amide bonds. The minimum Gasteiger partial charge on any atom is -0.460 e. The molecule has 13 heteroatoms. The molecule has 0 spiro atoms. The molecule has 4 rings (SSSR count). The zero-order chi connectivity index (χ0) is 47.3. The average molecular weight is 900 g/mol. The van der Waals surface area contributed by atoms with Crippen LogP contribution in [0.3, 0.4) is 0 Å². The number of fused-ring (bicyclic) bond motifs is 3. The number of amides is 1. The summed E-state index contributed by atoms with van der Waals surface area (Å²) in [5.74, 6) is -6.38. The van der Waals surface area contributed by atoms with E-state index in [0.29, 0.717) is 63.4 Å². The molecular weight excluding hydrogens is 819 g/mol. The molecule has 3 N–H and O–H groups in total. The highest BCUT2D eigenvalue weighted by Gasteiger charge is 2.53. The zero-order valence-corrected chi connectivity index (χ0v) is 40.4. The molecule has 4 aliphatic rings. The Morgan fingerprint density at radius 3 is 2.23 bits per heavy atom. The second-order valence-corrected chi connectivity index (χ2v) is 19.7. The SMILES string of the molecule is CO[C@H]1CC2CC[C@@H](C)[C@@](O)(O2)C(=O)C(=O)N2CCCCC2C(=O)O[C@H]([C@H](C)C[C@@H]2CC[C@@H](O)[C@H](OC)C2)CC(=O)[C@H](C)/C=C(\C)[C@@H](O)[C@@H](OC)C[C@H](C)C[C@H](C)/C=C/C=CC=C1C. The van der Waals surface area contributed by atoms with Crippen LogP contribution in [0.2, 0.25) is 0 Å². The van der Waals surface area contributed by atoms with Crippen molar-refractivity contribution in [2.45, 2.75) is 186 Å². The fourth-order valence-corrected chi connectivity index (χ4v) is 10.3. The van der Waals surface area contributed by atoms with Crippen LogP contribution in [0, 0.1) is 35.5 Å². The number of carbonyl (C=O) groups excluding carboxylic acids is 4. The largest absolute Gasteiger partial charge is 0.460 e. The first-order chi connectivity index (χ1) is 30.3. The molecule has 0 aromatic rings. The van der Waals surface area contributed by atoms with Gasteiger partial charge in [0.1, 0.15) is 24.0 Å². The fourth-order valence-electron chi connectivity index (χ4n) is 10.3. The van der Waals surface area contributed by atoms with E-state index in [1.165, 1.54) is 4.90 Å². The van der Waals surface area contributed by atoms with Crippen LogP contribution in [0.25, 0.3) is 0 Å². The lowest BCUT2D eigenvalue weighted by atomic mass is 9.78. The first-order valence-corrected chi connectivity index (χ1v) is 24.0. The molecule has 1 saturated carbocycles. The quantitative estimate of drug-likeness (QED) is 0.142. The van der Waals surface area contributed by atoms with Crippen LogP contribution in [0.5, 0.6) is 0 Å². The minimum absolute atomic E-state index is 0.106. The molecule has 15 atom stereocenters. The van der Waals surface area contributed by atoms with Gasteiger partial charge in [0.2, 0.25) is 5.79 Å². The Morgan fingerprint density at radius 1 is 0.828 bits per heavy atom. The predicted octanol–water partition coefficient (Wildman–Crippen LogP) is 7.00. The number of ketones is 2. The van der Waals surface area contributed by atoms with Crippen molar-refractivity contribution >= 4 is 23.4 Å². The predicted molar refractivity (Wildman–Crippen MR) is 245 cm³/mol. The van der Waals surface area contributed by atoms with Crippen molar-refractivity contribution in [2.24, 2.45) is 35.5 Å². The van der Waals surface area contributed by atoms with Crippen LogP contribution in [0.15, 0.2) is 47.6 Å². The number of allylic oxidation sites excluding steroid dienone is 6. The van der Waals surface area contributed by atoms with Gasteiger partial charge in [-0.3, -0.25) is 14.4 Å². The number of aliphatic hydroxyl groups excluding tert-OH is 2. The molecule has 1 aliphatic carbocycles. The average Bonchev–Trinajstić information content (AvgIpc) is 3.27. The Hall–Kier alpha value is -3.04.